The molecule has 5 nitrogen and oxygen atoms in total. The molecule has 3 heterocycles. The minimum atomic E-state index is -0.550. The van der Waals surface area contributed by atoms with Crippen LogP contribution in [0.4, 0.5) is 10.3 Å². The predicted octanol–water partition coefficient (Wildman–Crippen LogP) is 6.39. The topological polar surface area (TPSA) is 52.0 Å². The van der Waals surface area contributed by atoms with Crippen LogP contribution in [0.25, 0.3) is 5.70 Å². The van der Waals surface area contributed by atoms with E-state index in [-0.39, 0.29) is 5.82 Å². The maximum absolute atomic E-state index is 15.1. The lowest BCUT2D eigenvalue weighted by molar-refractivity contribution is 0.222. The summed E-state index contributed by atoms with van der Waals surface area (Å²) in [5.74, 6) is 0.896. The van der Waals surface area contributed by atoms with Crippen molar-refractivity contribution in [2.75, 3.05) is 5.32 Å². The zero-order valence-electron chi connectivity index (χ0n) is 16.5. The first-order valence-corrected chi connectivity index (χ1v) is 11.1. The molecule has 0 bridgehead atoms. The molecule has 2 aliphatic heterocycles. The molecular formula is C24H15BrClFN4O. The average Bonchev–Trinajstić information content (AvgIpc) is 3.27. The van der Waals surface area contributed by atoms with Crippen molar-refractivity contribution in [3.63, 3.8) is 0 Å². The van der Waals surface area contributed by atoms with Crippen molar-refractivity contribution in [2.45, 2.75) is 12.1 Å². The highest BCUT2D eigenvalue weighted by atomic mass is 79.9. The van der Waals surface area contributed by atoms with E-state index in [1.807, 2.05) is 42.5 Å². The maximum atomic E-state index is 15.1. The molecule has 0 amide bonds. The molecule has 8 heteroatoms. The quantitative estimate of drug-likeness (QED) is 0.340. The minimum absolute atomic E-state index is 0.320. The second-order valence-electron chi connectivity index (χ2n) is 7.60. The number of halogens is 3. The summed E-state index contributed by atoms with van der Waals surface area (Å²) >= 11 is 9.83. The van der Waals surface area contributed by atoms with E-state index in [1.54, 1.807) is 22.9 Å². The summed E-state index contributed by atoms with van der Waals surface area (Å²) in [7, 11) is 0. The van der Waals surface area contributed by atoms with Gasteiger partial charge in [-0.15, -0.1) is 0 Å². The predicted molar refractivity (Wildman–Crippen MR) is 124 cm³/mol. The van der Waals surface area contributed by atoms with Gasteiger partial charge in [0.2, 0.25) is 5.95 Å². The molecule has 0 saturated carbocycles. The van der Waals surface area contributed by atoms with Gasteiger partial charge in [-0.1, -0.05) is 57.9 Å². The summed E-state index contributed by atoms with van der Waals surface area (Å²) in [6, 6.07) is 19.6. The SMILES string of the molecule is Fc1ccccc1[C@@H]1C2=C(Nc3ncnn31)c1cc(Cl)ccc1O[C@@H]2c1ccc(Br)cc1. The van der Waals surface area contributed by atoms with Crippen LogP contribution >= 0.6 is 27.5 Å². The van der Waals surface area contributed by atoms with Gasteiger partial charge in [0, 0.05) is 26.2 Å². The largest absolute Gasteiger partial charge is 0.480 e. The van der Waals surface area contributed by atoms with Crippen LogP contribution in [0.5, 0.6) is 5.75 Å². The highest BCUT2D eigenvalue weighted by Gasteiger charge is 2.41. The Labute approximate surface area is 196 Å². The van der Waals surface area contributed by atoms with Crippen LogP contribution in [0.15, 0.2) is 83.1 Å². The van der Waals surface area contributed by atoms with Gasteiger partial charge < -0.3 is 10.1 Å². The van der Waals surface area contributed by atoms with Gasteiger partial charge in [-0.05, 0) is 42.0 Å². The average molecular weight is 510 g/mol. The van der Waals surface area contributed by atoms with Crippen molar-refractivity contribution >= 4 is 39.2 Å². The summed E-state index contributed by atoms with van der Waals surface area (Å²) in [5, 5.41) is 8.39. The normalized spacial score (nSPS) is 18.8. The molecule has 32 heavy (non-hydrogen) atoms. The Kier molecular flexibility index (Phi) is 4.55. The number of nitrogens with zero attached hydrogens (tertiary/aromatic N) is 3. The van der Waals surface area contributed by atoms with Crippen LogP contribution in [-0.4, -0.2) is 14.8 Å². The third-order valence-corrected chi connectivity index (χ3v) is 6.51. The molecule has 3 aromatic carbocycles. The highest BCUT2D eigenvalue weighted by Crippen LogP contribution is 2.51. The molecule has 6 rings (SSSR count). The van der Waals surface area contributed by atoms with E-state index in [9.17, 15) is 0 Å². The van der Waals surface area contributed by atoms with Crippen LogP contribution < -0.4 is 10.1 Å². The summed E-state index contributed by atoms with van der Waals surface area (Å²) in [5.41, 5.74) is 3.87. The van der Waals surface area contributed by atoms with Gasteiger partial charge in [-0.25, -0.2) is 9.07 Å². The first-order valence-electron chi connectivity index (χ1n) is 9.97. The van der Waals surface area contributed by atoms with Gasteiger partial charge in [0.05, 0.1) is 5.70 Å². The van der Waals surface area contributed by atoms with Gasteiger partial charge >= 0.3 is 0 Å². The van der Waals surface area contributed by atoms with E-state index in [0.29, 0.717) is 22.3 Å². The number of nitrogens with one attached hydrogen (secondary N) is 1. The molecule has 0 fully saturated rings. The number of aromatic nitrogens is 3. The van der Waals surface area contributed by atoms with Crippen LogP contribution in [-0.2, 0) is 0 Å². The van der Waals surface area contributed by atoms with Crippen molar-refractivity contribution in [3.05, 3.63) is 111 Å². The molecule has 2 atom stereocenters. The van der Waals surface area contributed by atoms with Crippen LogP contribution in [0, 0.1) is 5.82 Å². The summed E-state index contributed by atoms with van der Waals surface area (Å²) in [4.78, 5) is 4.36. The van der Waals surface area contributed by atoms with Gasteiger partial charge in [0.25, 0.3) is 0 Å². The Morgan fingerprint density at radius 2 is 1.88 bits per heavy atom. The van der Waals surface area contributed by atoms with E-state index >= 15 is 4.39 Å². The Bertz CT molecular complexity index is 1390. The van der Waals surface area contributed by atoms with E-state index in [1.165, 1.54) is 12.4 Å². The lowest BCUT2D eigenvalue weighted by Gasteiger charge is -2.39. The van der Waals surface area contributed by atoms with E-state index in [0.717, 1.165) is 26.9 Å². The first-order chi connectivity index (χ1) is 15.6. The Morgan fingerprint density at radius 3 is 2.69 bits per heavy atom. The number of benzene rings is 3. The van der Waals surface area contributed by atoms with Crippen molar-refractivity contribution in [2.24, 2.45) is 0 Å². The standard InChI is InChI=1S/C24H15BrClFN4O/c25-14-7-5-13(6-8-14)23-20-21(17-11-15(26)9-10-19(17)32-23)30-24-28-12-29-31(24)22(20)16-3-1-2-4-18(16)27/h1-12,22-23H,(H,28,29,30)/t22-,23-/m1/s1. The first kappa shape index (κ1) is 19.5. The van der Waals surface area contributed by atoms with Crippen molar-refractivity contribution in [1.82, 2.24) is 14.8 Å². The number of rotatable bonds is 2. The Hall–Kier alpha value is -3.16. The molecule has 1 N–H and O–H groups in total. The number of hydrogen-bond donors (Lipinski definition) is 1. The number of hydrogen-bond acceptors (Lipinski definition) is 4. The summed E-state index contributed by atoms with van der Waals surface area (Å²) < 4.78 is 24.3. The lowest BCUT2D eigenvalue weighted by atomic mass is 9.84. The molecule has 0 unspecified atom stereocenters. The lowest BCUT2D eigenvalue weighted by Crippen LogP contribution is -2.32. The van der Waals surface area contributed by atoms with E-state index < -0.39 is 12.1 Å². The van der Waals surface area contributed by atoms with Gasteiger partial charge in [-0.2, -0.15) is 10.1 Å². The van der Waals surface area contributed by atoms with Crippen molar-refractivity contribution in [3.8, 4) is 5.75 Å². The van der Waals surface area contributed by atoms with Crippen molar-refractivity contribution in [1.29, 1.82) is 0 Å². The Balaban J connectivity index is 1.65. The maximum Gasteiger partial charge on any atom is 0.226 e. The fraction of sp³-hybridized carbons (Fsp3) is 0.0833. The smallest absolute Gasteiger partial charge is 0.226 e. The second-order valence-corrected chi connectivity index (χ2v) is 8.95. The third-order valence-electron chi connectivity index (χ3n) is 5.75. The molecular weight excluding hydrogens is 495 g/mol. The fourth-order valence-corrected chi connectivity index (χ4v) is 4.79. The number of fused-ring (bicyclic) bond motifs is 3. The number of ether oxygens (including phenoxy) is 1. The molecule has 2 aliphatic rings. The van der Waals surface area contributed by atoms with E-state index in [4.69, 9.17) is 16.3 Å². The molecule has 4 aromatic rings. The molecule has 0 saturated heterocycles. The van der Waals surface area contributed by atoms with Crippen LogP contribution in [0.1, 0.15) is 28.8 Å². The highest BCUT2D eigenvalue weighted by molar-refractivity contribution is 9.10. The zero-order chi connectivity index (χ0) is 21.8. The zero-order valence-corrected chi connectivity index (χ0v) is 18.8. The van der Waals surface area contributed by atoms with Crippen LogP contribution in [0.3, 0.4) is 0 Å². The van der Waals surface area contributed by atoms with E-state index in [2.05, 4.69) is 31.3 Å². The van der Waals surface area contributed by atoms with Crippen LogP contribution in [0.2, 0.25) is 5.02 Å². The van der Waals surface area contributed by atoms with Gasteiger partial charge in [0.1, 0.15) is 30.0 Å². The summed E-state index contributed by atoms with van der Waals surface area (Å²) in [6.45, 7) is 0. The third kappa shape index (κ3) is 3.04. The van der Waals surface area contributed by atoms with Gasteiger partial charge in [-0.3, -0.25) is 0 Å². The minimum Gasteiger partial charge on any atom is -0.480 e. The molecule has 0 aliphatic carbocycles. The monoisotopic (exact) mass is 508 g/mol. The molecule has 158 valence electrons. The number of anilines is 1. The van der Waals surface area contributed by atoms with Gasteiger partial charge in [0.15, 0.2) is 0 Å². The summed E-state index contributed by atoms with van der Waals surface area (Å²) in [6.07, 6.45) is 0.990. The van der Waals surface area contributed by atoms with Crippen molar-refractivity contribution < 1.29 is 9.13 Å². The molecule has 1 aromatic heterocycles. The molecule has 0 radical (unpaired) electrons. The fourth-order valence-electron chi connectivity index (χ4n) is 4.35. The second kappa shape index (κ2) is 7.46. The Morgan fingerprint density at radius 1 is 1.06 bits per heavy atom. The molecule has 0 spiro atoms.